The van der Waals surface area contributed by atoms with E-state index >= 15 is 0 Å². The Morgan fingerprint density at radius 3 is 2.36 bits per heavy atom. The van der Waals surface area contributed by atoms with E-state index in [1.54, 1.807) is 0 Å². The first kappa shape index (κ1) is 10.4. The lowest BCUT2D eigenvalue weighted by molar-refractivity contribution is 0.168. The van der Waals surface area contributed by atoms with Gasteiger partial charge in [-0.1, -0.05) is 6.92 Å². The van der Waals surface area contributed by atoms with Crippen LogP contribution in [0, 0.1) is 11.8 Å². The topological polar surface area (TPSA) is 6.48 Å². The van der Waals surface area contributed by atoms with Gasteiger partial charge in [0.05, 0.1) is 0 Å². The Balaban J connectivity index is 1.70. The van der Waals surface area contributed by atoms with E-state index in [4.69, 9.17) is 0 Å². The van der Waals surface area contributed by atoms with Crippen molar-refractivity contribution >= 4 is 0 Å². The zero-order chi connectivity index (χ0) is 9.97. The highest BCUT2D eigenvalue weighted by Crippen LogP contribution is 2.20. The van der Waals surface area contributed by atoms with Gasteiger partial charge in [0.15, 0.2) is 0 Å². The highest BCUT2D eigenvalue weighted by molar-refractivity contribution is 4.78. The van der Waals surface area contributed by atoms with Crippen LogP contribution in [0.4, 0.5) is 0 Å². The van der Waals surface area contributed by atoms with E-state index in [2.05, 4.69) is 23.8 Å². The van der Waals surface area contributed by atoms with Crippen molar-refractivity contribution in [2.75, 3.05) is 39.8 Å². The summed E-state index contributed by atoms with van der Waals surface area (Å²) in [5.41, 5.74) is 0. The van der Waals surface area contributed by atoms with Crippen LogP contribution in [0.15, 0.2) is 0 Å². The normalized spacial score (nSPS) is 32.6. The minimum Gasteiger partial charge on any atom is -0.306 e. The summed E-state index contributed by atoms with van der Waals surface area (Å²) in [6.07, 6.45) is 4.26. The lowest BCUT2D eigenvalue weighted by Crippen LogP contribution is -2.37. The van der Waals surface area contributed by atoms with Gasteiger partial charge < -0.3 is 9.80 Å². The molecule has 2 aliphatic heterocycles. The molecule has 0 aromatic heterocycles. The van der Waals surface area contributed by atoms with Crippen LogP contribution in [0.3, 0.4) is 0 Å². The number of rotatable bonds is 2. The Kier molecular flexibility index (Phi) is 3.45. The van der Waals surface area contributed by atoms with E-state index < -0.39 is 0 Å². The summed E-state index contributed by atoms with van der Waals surface area (Å²) in [6.45, 7) is 9.08. The number of hydrogen-bond acceptors (Lipinski definition) is 2. The zero-order valence-corrected chi connectivity index (χ0v) is 9.71. The minimum absolute atomic E-state index is 0.952. The van der Waals surface area contributed by atoms with Crippen molar-refractivity contribution in [1.82, 2.24) is 9.80 Å². The third-order valence-corrected chi connectivity index (χ3v) is 3.88. The summed E-state index contributed by atoms with van der Waals surface area (Å²) >= 11 is 0. The van der Waals surface area contributed by atoms with Gasteiger partial charge in [0, 0.05) is 13.1 Å². The number of piperidine rings is 1. The molecule has 0 N–H and O–H groups in total. The maximum atomic E-state index is 2.68. The Labute approximate surface area is 88.3 Å². The van der Waals surface area contributed by atoms with Crippen molar-refractivity contribution in [3.63, 3.8) is 0 Å². The molecule has 2 rings (SSSR count). The Hall–Kier alpha value is -0.0800. The third kappa shape index (κ3) is 2.71. The van der Waals surface area contributed by atoms with Crippen molar-refractivity contribution in [3.05, 3.63) is 0 Å². The Morgan fingerprint density at radius 2 is 1.79 bits per heavy atom. The van der Waals surface area contributed by atoms with Crippen LogP contribution in [0.2, 0.25) is 0 Å². The molecule has 2 aliphatic rings. The average molecular weight is 196 g/mol. The molecule has 82 valence electrons. The van der Waals surface area contributed by atoms with E-state index in [1.165, 1.54) is 52.0 Å². The first-order chi connectivity index (χ1) is 6.74. The standard InChI is InChI=1S/C12H24N2/c1-11-3-7-14(8-4-11)10-12-5-6-13(2)9-12/h11-12H,3-10H2,1-2H3. The molecule has 2 fully saturated rings. The van der Waals surface area contributed by atoms with Gasteiger partial charge in [-0.05, 0) is 57.8 Å². The highest BCUT2D eigenvalue weighted by Gasteiger charge is 2.23. The molecular weight excluding hydrogens is 172 g/mol. The van der Waals surface area contributed by atoms with E-state index in [0.29, 0.717) is 0 Å². The van der Waals surface area contributed by atoms with Crippen LogP contribution in [-0.4, -0.2) is 49.6 Å². The first-order valence-electron chi connectivity index (χ1n) is 6.15. The predicted molar refractivity (Wildman–Crippen MR) is 60.4 cm³/mol. The third-order valence-electron chi connectivity index (χ3n) is 3.88. The van der Waals surface area contributed by atoms with Crippen LogP contribution in [0.25, 0.3) is 0 Å². The van der Waals surface area contributed by atoms with Crippen molar-refractivity contribution in [2.24, 2.45) is 11.8 Å². The molecule has 2 saturated heterocycles. The summed E-state index contributed by atoms with van der Waals surface area (Å²) in [7, 11) is 2.25. The first-order valence-corrected chi connectivity index (χ1v) is 6.15. The number of hydrogen-bond donors (Lipinski definition) is 0. The summed E-state index contributed by atoms with van der Waals surface area (Å²) in [5, 5.41) is 0. The van der Waals surface area contributed by atoms with Gasteiger partial charge in [0.2, 0.25) is 0 Å². The lowest BCUT2D eigenvalue weighted by atomic mass is 9.98. The molecule has 0 spiro atoms. The molecule has 2 nitrogen and oxygen atoms in total. The van der Waals surface area contributed by atoms with Gasteiger partial charge in [0.25, 0.3) is 0 Å². The van der Waals surface area contributed by atoms with E-state index in [0.717, 1.165) is 11.8 Å². The van der Waals surface area contributed by atoms with Gasteiger partial charge in [0.1, 0.15) is 0 Å². The molecule has 0 bridgehead atoms. The second-order valence-electron chi connectivity index (χ2n) is 5.40. The molecule has 0 saturated carbocycles. The quantitative estimate of drug-likeness (QED) is 0.663. The molecule has 14 heavy (non-hydrogen) atoms. The fourth-order valence-corrected chi connectivity index (χ4v) is 2.79. The molecule has 1 atom stereocenters. The Bertz CT molecular complexity index is 173. The number of likely N-dealkylation sites (tertiary alicyclic amines) is 2. The highest BCUT2D eigenvalue weighted by atomic mass is 15.2. The maximum absolute atomic E-state index is 2.68. The fraction of sp³-hybridized carbons (Fsp3) is 1.00. The smallest absolute Gasteiger partial charge is 0.00224 e. The van der Waals surface area contributed by atoms with E-state index in [1.807, 2.05) is 0 Å². The van der Waals surface area contributed by atoms with Crippen LogP contribution in [-0.2, 0) is 0 Å². The lowest BCUT2D eigenvalue weighted by Gasteiger charge is -2.32. The van der Waals surface area contributed by atoms with Gasteiger partial charge in [-0.15, -0.1) is 0 Å². The van der Waals surface area contributed by atoms with Crippen molar-refractivity contribution in [3.8, 4) is 0 Å². The van der Waals surface area contributed by atoms with E-state index in [-0.39, 0.29) is 0 Å². The average Bonchev–Trinajstić information content (AvgIpc) is 2.56. The summed E-state index contributed by atoms with van der Waals surface area (Å²) in [5.74, 6) is 1.92. The fourth-order valence-electron chi connectivity index (χ4n) is 2.79. The molecule has 2 heteroatoms. The van der Waals surface area contributed by atoms with E-state index in [9.17, 15) is 0 Å². The second-order valence-corrected chi connectivity index (χ2v) is 5.40. The molecule has 2 heterocycles. The van der Waals surface area contributed by atoms with Crippen molar-refractivity contribution < 1.29 is 0 Å². The minimum atomic E-state index is 0.952. The Morgan fingerprint density at radius 1 is 1.07 bits per heavy atom. The molecule has 1 unspecified atom stereocenters. The molecule has 0 aliphatic carbocycles. The number of nitrogens with zero attached hydrogens (tertiary/aromatic N) is 2. The monoisotopic (exact) mass is 196 g/mol. The van der Waals surface area contributed by atoms with Crippen LogP contribution < -0.4 is 0 Å². The summed E-state index contributed by atoms with van der Waals surface area (Å²) in [6, 6.07) is 0. The largest absolute Gasteiger partial charge is 0.306 e. The van der Waals surface area contributed by atoms with Crippen LogP contribution >= 0.6 is 0 Å². The molecule has 0 radical (unpaired) electrons. The molecule has 0 amide bonds. The molecular formula is C12H24N2. The summed E-state index contributed by atoms with van der Waals surface area (Å²) < 4.78 is 0. The molecule has 0 aromatic rings. The second kappa shape index (κ2) is 4.63. The van der Waals surface area contributed by atoms with Crippen molar-refractivity contribution in [1.29, 1.82) is 0 Å². The van der Waals surface area contributed by atoms with Gasteiger partial charge in [-0.25, -0.2) is 0 Å². The van der Waals surface area contributed by atoms with Gasteiger partial charge in [-0.3, -0.25) is 0 Å². The maximum Gasteiger partial charge on any atom is 0.00224 e. The SMILES string of the molecule is CC1CCN(CC2CCN(C)C2)CC1. The molecule has 0 aromatic carbocycles. The van der Waals surface area contributed by atoms with Crippen LogP contribution in [0.1, 0.15) is 26.2 Å². The van der Waals surface area contributed by atoms with Crippen LogP contribution in [0.5, 0.6) is 0 Å². The van der Waals surface area contributed by atoms with Gasteiger partial charge >= 0.3 is 0 Å². The predicted octanol–water partition coefficient (Wildman–Crippen LogP) is 1.67. The van der Waals surface area contributed by atoms with Gasteiger partial charge in [-0.2, -0.15) is 0 Å². The van der Waals surface area contributed by atoms with Crippen molar-refractivity contribution in [2.45, 2.75) is 26.2 Å². The summed E-state index contributed by atoms with van der Waals surface area (Å²) in [4.78, 5) is 5.15. The zero-order valence-electron chi connectivity index (χ0n) is 9.71.